The molecule has 4 aromatic rings. The monoisotopic (exact) mass is 469 g/mol. The second kappa shape index (κ2) is 8.22. The summed E-state index contributed by atoms with van der Waals surface area (Å²) in [7, 11) is 0. The Kier molecular flexibility index (Phi) is 5.03. The maximum atomic E-state index is 12.0. The van der Waals surface area contributed by atoms with Crippen molar-refractivity contribution in [3.63, 3.8) is 0 Å². The molecule has 1 saturated heterocycles. The molecule has 3 aromatic heterocycles. The summed E-state index contributed by atoms with van der Waals surface area (Å²) in [6.45, 7) is 4.78. The number of rotatable bonds is 3. The lowest BCUT2D eigenvalue weighted by Crippen LogP contribution is -2.27. The van der Waals surface area contributed by atoms with Crippen molar-refractivity contribution in [2.75, 3.05) is 18.8 Å². The number of thiazole rings is 1. The smallest absolute Gasteiger partial charge is 0.246 e. The zero-order chi connectivity index (χ0) is 23.2. The second-order valence-electron chi connectivity index (χ2n) is 8.79. The number of nitrogens with two attached hydrogens (primary N) is 1. The lowest BCUT2D eigenvalue weighted by molar-refractivity contribution is -0.125. The maximum absolute atomic E-state index is 12.0. The van der Waals surface area contributed by atoms with Gasteiger partial charge in [0.15, 0.2) is 5.65 Å². The van der Waals surface area contributed by atoms with Gasteiger partial charge in [0.25, 0.3) is 0 Å². The Hall–Kier alpha value is -3.77. The van der Waals surface area contributed by atoms with Crippen LogP contribution in [0.5, 0.6) is 0 Å². The summed E-state index contributed by atoms with van der Waals surface area (Å²) in [6.07, 6.45) is 7.34. The molecule has 9 heteroatoms. The van der Waals surface area contributed by atoms with Crippen LogP contribution in [0.1, 0.15) is 53.9 Å². The third kappa shape index (κ3) is 3.51. The van der Waals surface area contributed by atoms with Gasteiger partial charge in [0.05, 0.1) is 26.7 Å². The van der Waals surface area contributed by atoms with Crippen LogP contribution in [0.25, 0.3) is 21.3 Å². The number of carbonyl (C=O) groups excluding carboxylic acids is 1. The van der Waals surface area contributed by atoms with E-state index in [1.165, 1.54) is 41.4 Å². The minimum Gasteiger partial charge on any atom is -0.383 e. The first-order valence-electron chi connectivity index (χ1n) is 11.4. The number of aromatic nitrogens is 5. The fraction of sp³-hybridized carbons (Fsp3) is 0.320. The van der Waals surface area contributed by atoms with E-state index in [0.717, 1.165) is 17.5 Å². The van der Waals surface area contributed by atoms with Crippen LogP contribution in [0.15, 0.2) is 37.2 Å². The largest absolute Gasteiger partial charge is 0.383 e. The van der Waals surface area contributed by atoms with Gasteiger partial charge in [-0.2, -0.15) is 5.10 Å². The molecule has 6 rings (SSSR count). The van der Waals surface area contributed by atoms with Crippen molar-refractivity contribution in [2.24, 2.45) is 0 Å². The van der Waals surface area contributed by atoms with E-state index in [0.29, 0.717) is 41.6 Å². The molecule has 1 aromatic carbocycles. The van der Waals surface area contributed by atoms with E-state index < -0.39 is 0 Å². The number of anilines is 1. The first kappa shape index (κ1) is 20.8. The third-order valence-corrected chi connectivity index (χ3v) is 7.90. The molecule has 0 bridgehead atoms. The Morgan fingerprint density at radius 2 is 2.12 bits per heavy atom. The number of benzene rings is 1. The molecule has 1 amide bonds. The topological polar surface area (TPSA) is 103 Å². The number of amides is 1. The molecule has 170 valence electrons. The molecule has 0 spiro atoms. The second-order valence-corrected chi connectivity index (χ2v) is 9.86. The highest BCUT2D eigenvalue weighted by Crippen LogP contribution is 2.40. The number of hydrogen-bond acceptors (Lipinski definition) is 7. The highest BCUT2D eigenvalue weighted by Gasteiger charge is 2.29. The molecular formula is C25H23N7OS. The third-order valence-electron chi connectivity index (χ3n) is 6.70. The van der Waals surface area contributed by atoms with Crippen LogP contribution < -0.4 is 5.73 Å². The van der Waals surface area contributed by atoms with Gasteiger partial charge < -0.3 is 10.6 Å². The van der Waals surface area contributed by atoms with E-state index in [1.54, 1.807) is 16.2 Å². The van der Waals surface area contributed by atoms with Gasteiger partial charge >= 0.3 is 0 Å². The average molecular weight is 470 g/mol. The first-order valence-corrected chi connectivity index (χ1v) is 12.2. The van der Waals surface area contributed by atoms with Crippen LogP contribution in [-0.2, 0) is 4.79 Å². The predicted octanol–water partition coefficient (Wildman–Crippen LogP) is 3.64. The van der Waals surface area contributed by atoms with Crippen molar-refractivity contribution < 1.29 is 4.79 Å². The standard InChI is InChI=1S/C25H23N7OS/c1-2-21(33)31-11-10-17(13-31)32-24-22(23(26)27-14-28-24)18(30-32)8-6-15-7-9-20-19(12-15)29-25(34-20)16-4-3-5-16/h2,7,9,12,14,16-17H,1,3-5,10-11,13H2,(H2,26,27,28). The minimum atomic E-state index is -0.0778. The Bertz CT molecular complexity index is 1500. The van der Waals surface area contributed by atoms with Gasteiger partial charge in [-0.15, -0.1) is 11.3 Å². The molecule has 1 atom stereocenters. The van der Waals surface area contributed by atoms with Crippen LogP contribution in [0.3, 0.4) is 0 Å². The van der Waals surface area contributed by atoms with Crippen molar-refractivity contribution >= 4 is 44.3 Å². The Balaban J connectivity index is 1.35. The summed E-state index contributed by atoms with van der Waals surface area (Å²) in [6, 6.07) is 6.15. The van der Waals surface area contributed by atoms with E-state index in [9.17, 15) is 4.79 Å². The molecule has 2 fully saturated rings. The van der Waals surface area contributed by atoms with Crippen molar-refractivity contribution in [1.29, 1.82) is 0 Å². The van der Waals surface area contributed by atoms with E-state index >= 15 is 0 Å². The molecule has 8 nitrogen and oxygen atoms in total. The maximum Gasteiger partial charge on any atom is 0.246 e. The Labute approximate surface area is 200 Å². The summed E-state index contributed by atoms with van der Waals surface area (Å²) >= 11 is 1.79. The molecule has 34 heavy (non-hydrogen) atoms. The van der Waals surface area contributed by atoms with Crippen LogP contribution in [0.2, 0.25) is 0 Å². The van der Waals surface area contributed by atoms with Gasteiger partial charge in [-0.1, -0.05) is 18.9 Å². The van der Waals surface area contributed by atoms with E-state index in [4.69, 9.17) is 15.8 Å². The molecule has 2 N–H and O–H groups in total. The van der Waals surface area contributed by atoms with Gasteiger partial charge in [-0.25, -0.2) is 19.6 Å². The van der Waals surface area contributed by atoms with Crippen LogP contribution in [0.4, 0.5) is 5.82 Å². The molecule has 1 aliphatic heterocycles. The molecule has 1 aliphatic carbocycles. The highest BCUT2D eigenvalue weighted by atomic mass is 32.1. The number of fused-ring (bicyclic) bond motifs is 2. The fourth-order valence-corrected chi connectivity index (χ4v) is 5.71. The SMILES string of the molecule is C=CC(=O)N1CCC(n2nc(C#Cc3ccc4sc(C5CCC5)nc4c3)c3c(N)ncnc32)C1. The van der Waals surface area contributed by atoms with E-state index in [1.807, 2.05) is 16.8 Å². The molecule has 1 saturated carbocycles. The van der Waals surface area contributed by atoms with Crippen LogP contribution >= 0.6 is 11.3 Å². The summed E-state index contributed by atoms with van der Waals surface area (Å²) in [4.78, 5) is 27.2. The zero-order valence-electron chi connectivity index (χ0n) is 18.6. The van der Waals surface area contributed by atoms with E-state index in [-0.39, 0.29) is 11.9 Å². The molecule has 2 aliphatic rings. The molecule has 0 radical (unpaired) electrons. The molecular weight excluding hydrogens is 446 g/mol. The first-order chi connectivity index (χ1) is 16.6. The minimum absolute atomic E-state index is 0.00691. The quantitative estimate of drug-likeness (QED) is 0.363. The van der Waals surface area contributed by atoms with Gasteiger partial charge in [0, 0.05) is 24.6 Å². The van der Waals surface area contributed by atoms with Gasteiger partial charge in [0.2, 0.25) is 5.91 Å². The average Bonchev–Trinajstić information content (AvgIpc) is 3.52. The zero-order valence-corrected chi connectivity index (χ0v) is 19.4. The van der Waals surface area contributed by atoms with Gasteiger partial charge in [0.1, 0.15) is 17.8 Å². The molecule has 1 unspecified atom stereocenters. The summed E-state index contributed by atoms with van der Waals surface area (Å²) < 4.78 is 3.03. The number of nitrogen functional groups attached to an aromatic ring is 1. The number of carbonyl (C=O) groups is 1. The van der Waals surface area contributed by atoms with Crippen molar-refractivity contribution in [2.45, 2.75) is 37.6 Å². The van der Waals surface area contributed by atoms with Crippen molar-refractivity contribution in [3.05, 3.63) is 53.4 Å². The van der Waals surface area contributed by atoms with Crippen LogP contribution in [0, 0.1) is 11.8 Å². The highest BCUT2D eigenvalue weighted by molar-refractivity contribution is 7.18. The lowest BCUT2D eigenvalue weighted by Gasteiger charge is -2.22. The summed E-state index contributed by atoms with van der Waals surface area (Å²) in [5.41, 5.74) is 9.24. The lowest BCUT2D eigenvalue weighted by atomic mass is 9.86. The number of hydrogen-bond donors (Lipinski definition) is 1. The fourth-order valence-electron chi connectivity index (χ4n) is 4.59. The summed E-state index contributed by atoms with van der Waals surface area (Å²) in [5, 5.41) is 6.64. The number of nitrogens with zero attached hydrogens (tertiary/aromatic N) is 6. The molecule has 4 heterocycles. The van der Waals surface area contributed by atoms with Gasteiger partial charge in [-0.3, -0.25) is 4.79 Å². The Morgan fingerprint density at radius 1 is 1.24 bits per heavy atom. The van der Waals surface area contributed by atoms with Gasteiger partial charge in [-0.05, 0) is 49.5 Å². The van der Waals surface area contributed by atoms with E-state index in [2.05, 4.69) is 34.5 Å². The van der Waals surface area contributed by atoms with Crippen molar-refractivity contribution in [3.8, 4) is 11.8 Å². The predicted molar refractivity (Wildman–Crippen MR) is 132 cm³/mol. The van der Waals surface area contributed by atoms with Crippen LogP contribution in [-0.4, -0.2) is 48.6 Å². The Morgan fingerprint density at radius 3 is 2.91 bits per heavy atom. The number of likely N-dealkylation sites (tertiary alicyclic amines) is 1. The van der Waals surface area contributed by atoms with Crippen molar-refractivity contribution in [1.82, 2.24) is 29.6 Å². The normalized spacial score (nSPS) is 18.1. The summed E-state index contributed by atoms with van der Waals surface area (Å²) in [5.74, 6) is 7.31.